The zero-order valence-electron chi connectivity index (χ0n) is 46.5. The Morgan fingerprint density at radius 2 is 1.31 bits per heavy atom. The average molecular weight is 1080 g/mol. The highest BCUT2D eigenvalue weighted by atomic mass is 16.5. The van der Waals surface area contributed by atoms with E-state index in [4.69, 9.17) is 14.6 Å². The monoisotopic (exact) mass is 1080 g/mol. The van der Waals surface area contributed by atoms with Gasteiger partial charge in [-0.05, 0) is 143 Å². The van der Waals surface area contributed by atoms with E-state index in [1.807, 2.05) is 51.2 Å². The highest BCUT2D eigenvalue weighted by Gasteiger charge is 2.58. The first-order valence-corrected chi connectivity index (χ1v) is 27.5. The first kappa shape index (κ1) is 59.2. The molecule has 78 heavy (non-hydrogen) atoms. The lowest BCUT2D eigenvalue weighted by molar-refractivity contribution is -0.145. The summed E-state index contributed by atoms with van der Waals surface area (Å²) in [5.74, 6) is -1.56. The molecule has 1 aromatic heterocycles. The van der Waals surface area contributed by atoms with Crippen molar-refractivity contribution < 1.29 is 58.4 Å². The predicted octanol–water partition coefficient (Wildman–Crippen LogP) is 4.37. The van der Waals surface area contributed by atoms with Gasteiger partial charge in [-0.1, -0.05) is 19.9 Å². The molecule has 0 spiro atoms. The number of hydrogen-bond acceptors (Lipinski definition) is 14. The van der Waals surface area contributed by atoms with E-state index in [1.54, 1.807) is 69.6 Å². The standard InChI is InChI=1S/C57H81N9O12/c1-37(2)43-32-40(13-14-45(43)66-47(53-48(77-6)11-8-12-49(53)78-7)33-44(59-66)54(73)58-57(36-67)41-28-38-27-39(30-41)31-42(57)29-38)55(74)62(5)20-10-18-60(3)17-9-19-61(4)50(68)16-15-46(56(75)76)65-25-23-63(34-51(69)70)21-22-64(24-26-65)35-52(71)72/h8,11-14,32-33,36-39,41-42,46H,9-10,15-31,34-35H2,1-7H3,(H,58,73)(H,69,70)(H,71,72)(H,75,76). The van der Waals surface area contributed by atoms with Gasteiger partial charge in [-0.2, -0.15) is 5.10 Å². The number of ether oxygens (including phenoxy) is 2. The number of aldehydes is 1. The lowest BCUT2D eigenvalue weighted by Crippen LogP contribution is -2.67. The van der Waals surface area contributed by atoms with Crippen LogP contribution >= 0.6 is 0 Å². The second-order valence-corrected chi connectivity index (χ2v) is 22.4. The Morgan fingerprint density at radius 1 is 0.756 bits per heavy atom. The number of carboxylic acid groups (broad SMARTS) is 3. The molecule has 21 nitrogen and oxygen atoms in total. The average Bonchev–Trinajstić information content (AvgIpc) is 3.95. The van der Waals surface area contributed by atoms with Crippen molar-refractivity contribution in [1.29, 1.82) is 0 Å². The quantitative estimate of drug-likeness (QED) is 0.0816. The van der Waals surface area contributed by atoms with Crippen molar-refractivity contribution in [3.8, 4) is 28.4 Å². The zero-order chi connectivity index (χ0) is 56.4. The van der Waals surface area contributed by atoms with Crippen molar-refractivity contribution in [2.45, 2.75) is 89.1 Å². The SMILES string of the molecule is COc1cccc(OC)c1-c1cc(C(=O)NC2(C=O)C3CC4CC(C3)CC2C4)nn1-c1ccc(C(=O)N(C)CCCN(C)CCCN(C)C(=O)CCC(C(=O)O)N2CCN(CC(=O)O)CCN(CC(=O)O)CC2)cc1C(C)C. The Kier molecular flexibility index (Phi) is 20.1. The second kappa shape index (κ2) is 26.5. The molecule has 4 saturated carbocycles. The van der Waals surface area contributed by atoms with E-state index in [0.29, 0.717) is 98.0 Å². The third kappa shape index (κ3) is 14.1. The number of rotatable bonds is 26. The predicted molar refractivity (Wildman–Crippen MR) is 291 cm³/mol. The number of carbonyl (C=O) groups excluding carboxylic acids is 4. The third-order valence-electron chi connectivity index (χ3n) is 16.8. The van der Waals surface area contributed by atoms with Crippen molar-refractivity contribution in [2.75, 3.05) is 114 Å². The number of carbonyl (C=O) groups is 7. The Balaban J connectivity index is 0.946. The second-order valence-electron chi connectivity index (χ2n) is 22.4. The van der Waals surface area contributed by atoms with Gasteiger partial charge in [-0.25, -0.2) is 4.68 Å². The Bertz CT molecular complexity index is 2560. The molecule has 3 aromatic rings. The van der Waals surface area contributed by atoms with E-state index >= 15 is 0 Å². The Labute approximate surface area is 457 Å². The number of aromatic nitrogens is 2. The summed E-state index contributed by atoms with van der Waals surface area (Å²) in [4.78, 5) is 101. The highest BCUT2D eigenvalue weighted by molar-refractivity contribution is 5.97. The van der Waals surface area contributed by atoms with Gasteiger partial charge in [0.05, 0.1) is 44.3 Å². The number of methoxy groups -OCH3 is 2. The first-order valence-electron chi connectivity index (χ1n) is 27.5. The van der Waals surface area contributed by atoms with Crippen LogP contribution in [0.15, 0.2) is 42.5 Å². The molecule has 21 heteroatoms. The van der Waals surface area contributed by atoms with E-state index in [1.165, 1.54) is 6.42 Å². The molecule has 4 N–H and O–H groups in total. The molecule has 0 radical (unpaired) electrons. The fourth-order valence-electron chi connectivity index (χ4n) is 12.7. The van der Waals surface area contributed by atoms with Gasteiger partial charge in [-0.3, -0.25) is 43.5 Å². The molecule has 5 fully saturated rings. The number of aliphatic carboxylic acids is 3. The molecule has 2 aromatic carbocycles. The van der Waals surface area contributed by atoms with E-state index in [-0.39, 0.29) is 87.4 Å². The number of benzene rings is 2. The molecule has 8 rings (SSSR count). The van der Waals surface area contributed by atoms with Crippen molar-refractivity contribution in [3.05, 3.63) is 59.3 Å². The topological polar surface area (TPSA) is 248 Å². The first-order chi connectivity index (χ1) is 37.2. The summed E-state index contributed by atoms with van der Waals surface area (Å²) < 4.78 is 13.4. The van der Waals surface area contributed by atoms with E-state index in [9.17, 15) is 48.9 Å². The smallest absolute Gasteiger partial charge is 0.320 e. The minimum Gasteiger partial charge on any atom is -0.496 e. The van der Waals surface area contributed by atoms with E-state index in [2.05, 4.69) is 10.2 Å². The van der Waals surface area contributed by atoms with Crippen molar-refractivity contribution in [3.63, 3.8) is 0 Å². The van der Waals surface area contributed by atoms with Gasteiger partial charge >= 0.3 is 17.9 Å². The van der Waals surface area contributed by atoms with Gasteiger partial charge in [0.15, 0.2) is 5.69 Å². The van der Waals surface area contributed by atoms with Crippen LogP contribution < -0.4 is 14.8 Å². The lowest BCUT2D eigenvalue weighted by Gasteiger charge is -2.59. The van der Waals surface area contributed by atoms with Crippen LogP contribution in [0, 0.1) is 23.7 Å². The third-order valence-corrected chi connectivity index (χ3v) is 16.8. The molecule has 1 aliphatic heterocycles. The molecule has 1 saturated heterocycles. The van der Waals surface area contributed by atoms with Crippen molar-refractivity contribution in [1.82, 2.24) is 44.5 Å². The van der Waals surface area contributed by atoms with Crippen LogP contribution in [0.5, 0.6) is 11.5 Å². The Hall–Kier alpha value is -6.42. The minimum absolute atomic E-state index is 0.00751. The number of nitrogens with zero attached hydrogens (tertiary/aromatic N) is 8. The molecule has 5 aliphatic rings. The van der Waals surface area contributed by atoms with Crippen molar-refractivity contribution >= 4 is 41.9 Å². The summed E-state index contributed by atoms with van der Waals surface area (Å²) in [5.41, 5.74) is 2.35. The lowest BCUT2D eigenvalue weighted by atomic mass is 9.49. The summed E-state index contributed by atoms with van der Waals surface area (Å²) in [7, 11) is 8.60. The highest BCUT2D eigenvalue weighted by Crippen LogP contribution is 2.57. The molecule has 1 atom stereocenters. The summed E-state index contributed by atoms with van der Waals surface area (Å²) in [6.07, 6.45) is 7.36. The van der Waals surface area contributed by atoms with Crippen LogP contribution in [-0.4, -0.2) is 222 Å². The number of amides is 3. The molecular weight excluding hydrogens is 1000 g/mol. The largest absolute Gasteiger partial charge is 0.496 e. The van der Waals surface area contributed by atoms with Gasteiger partial charge in [0.1, 0.15) is 29.4 Å². The molecule has 1 unspecified atom stereocenters. The van der Waals surface area contributed by atoms with Crippen LogP contribution in [0.1, 0.15) is 104 Å². The van der Waals surface area contributed by atoms with Crippen LogP contribution in [0.2, 0.25) is 0 Å². The Morgan fingerprint density at radius 3 is 1.82 bits per heavy atom. The zero-order valence-corrected chi connectivity index (χ0v) is 46.5. The van der Waals surface area contributed by atoms with Gasteiger partial charge < -0.3 is 49.6 Å². The fourth-order valence-corrected chi connectivity index (χ4v) is 12.7. The van der Waals surface area contributed by atoms with Gasteiger partial charge in [-0.15, -0.1) is 0 Å². The van der Waals surface area contributed by atoms with Gasteiger partial charge in [0, 0.05) is 78.4 Å². The van der Waals surface area contributed by atoms with Gasteiger partial charge in [0.2, 0.25) is 5.91 Å². The minimum atomic E-state index is -1.10. The van der Waals surface area contributed by atoms with E-state index < -0.39 is 35.4 Å². The fraction of sp³-hybridized carbons (Fsp3) is 0.614. The normalized spacial score (nSPS) is 22.1. The maximum Gasteiger partial charge on any atom is 0.320 e. The summed E-state index contributed by atoms with van der Waals surface area (Å²) >= 11 is 0. The summed E-state index contributed by atoms with van der Waals surface area (Å²) in [5, 5.41) is 37.2. The molecular formula is C57H81N9O12. The van der Waals surface area contributed by atoms with Crippen LogP contribution in [0.25, 0.3) is 16.9 Å². The maximum absolute atomic E-state index is 14.5. The van der Waals surface area contributed by atoms with Crippen molar-refractivity contribution in [2.24, 2.45) is 23.7 Å². The molecule has 3 amide bonds. The van der Waals surface area contributed by atoms with Crippen LogP contribution in [0.4, 0.5) is 0 Å². The molecule has 4 bridgehead atoms. The molecule has 426 valence electrons. The molecule has 4 aliphatic carbocycles. The van der Waals surface area contributed by atoms with Crippen LogP contribution in [0.3, 0.4) is 0 Å². The number of carboxylic acids is 3. The molecule has 2 heterocycles. The van der Waals surface area contributed by atoms with Crippen LogP contribution in [-0.2, 0) is 24.0 Å². The number of hydrogen-bond donors (Lipinski definition) is 4. The van der Waals surface area contributed by atoms with Gasteiger partial charge in [0.25, 0.3) is 11.8 Å². The van der Waals surface area contributed by atoms with E-state index in [0.717, 1.165) is 37.5 Å². The maximum atomic E-state index is 14.5. The summed E-state index contributed by atoms with van der Waals surface area (Å²) in [6.45, 7) is 7.62. The summed E-state index contributed by atoms with van der Waals surface area (Å²) in [6, 6.07) is 11.7. The number of nitrogens with one attached hydrogen (secondary N) is 1.